The van der Waals surface area contributed by atoms with E-state index in [2.05, 4.69) is 38.3 Å². The number of nitrogens with one attached hydrogen (secondary N) is 1. The lowest BCUT2D eigenvalue weighted by Gasteiger charge is -2.27. The van der Waals surface area contributed by atoms with Gasteiger partial charge in [-0.3, -0.25) is 0 Å². The molecule has 1 N–H and O–H groups in total. The Labute approximate surface area is 125 Å². The van der Waals surface area contributed by atoms with Crippen LogP contribution in [0.2, 0.25) is 0 Å². The standard InChI is InChI=1S/C13H25N5OS/c1-7-10(8-20-6)18(5)12-15-11(14-4)16-13(17-12)19-9(2)3/h9-10H,7-8H2,1-6H3,(H,14,15,16,17). The third kappa shape index (κ3) is 4.70. The summed E-state index contributed by atoms with van der Waals surface area (Å²) in [6, 6.07) is 0.754. The number of anilines is 2. The molecule has 1 heterocycles. The lowest BCUT2D eigenvalue weighted by atomic mass is 10.2. The lowest BCUT2D eigenvalue weighted by molar-refractivity contribution is 0.222. The summed E-state index contributed by atoms with van der Waals surface area (Å²) in [6.07, 6.45) is 3.18. The maximum atomic E-state index is 5.59. The van der Waals surface area contributed by atoms with Crippen LogP contribution in [0.5, 0.6) is 6.01 Å². The Hall–Kier alpha value is -1.24. The molecule has 114 valence electrons. The average molecular weight is 299 g/mol. The Morgan fingerprint density at radius 3 is 2.50 bits per heavy atom. The van der Waals surface area contributed by atoms with Crippen LogP contribution in [-0.2, 0) is 0 Å². The van der Waals surface area contributed by atoms with Gasteiger partial charge >= 0.3 is 6.01 Å². The van der Waals surface area contributed by atoms with Crippen molar-refractivity contribution in [2.75, 3.05) is 36.3 Å². The third-order valence-electron chi connectivity index (χ3n) is 2.86. The van der Waals surface area contributed by atoms with E-state index >= 15 is 0 Å². The molecule has 1 aromatic heterocycles. The summed E-state index contributed by atoms with van der Waals surface area (Å²) in [4.78, 5) is 15.1. The molecule has 1 unspecified atom stereocenters. The van der Waals surface area contributed by atoms with Crippen molar-refractivity contribution in [2.45, 2.75) is 39.3 Å². The minimum Gasteiger partial charge on any atom is -0.461 e. The molecule has 0 aliphatic carbocycles. The van der Waals surface area contributed by atoms with E-state index in [1.165, 1.54) is 0 Å². The van der Waals surface area contributed by atoms with Crippen LogP contribution >= 0.6 is 11.8 Å². The van der Waals surface area contributed by atoms with Crippen molar-refractivity contribution in [1.29, 1.82) is 0 Å². The summed E-state index contributed by atoms with van der Waals surface area (Å²) in [5.41, 5.74) is 0. The molecule has 0 saturated carbocycles. The smallest absolute Gasteiger partial charge is 0.323 e. The fraction of sp³-hybridized carbons (Fsp3) is 0.769. The summed E-state index contributed by atoms with van der Waals surface area (Å²) in [5.74, 6) is 2.20. The Bertz CT molecular complexity index is 416. The SMILES string of the molecule is CCC(CSC)N(C)c1nc(NC)nc(OC(C)C)n1. The molecule has 0 bridgehead atoms. The van der Waals surface area contributed by atoms with Crippen LogP contribution < -0.4 is 15.0 Å². The molecule has 1 rings (SSSR count). The summed E-state index contributed by atoms with van der Waals surface area (Å²) in [7, 11) is 3.80. The molecule has 7 heteroatoms. The molecule has 0 saturated heterocycles. The van der Waals surface area contributed by atoms with Gasteiger partial charge in [-0.25, -0.2) is 0 Å². The Morgan fingerprint density at radius 2 is 2.00 bits per heavy atom. The third-order valence-corrected chi connectivity index (χ3v) is 3.58. The van der Waals surface area contributed by atoms with Crippen LogP contribution in [0, 0.1) is 0 Å². The number of thioether (sulfide) groups is 1. The predicted molar refractivity (Wildman–Crippen MR) is 86.0 cm³/mol. The van der Waals surface area contributed by atoms with Gasteiger partial charge in [0.15, 0.2) is 0 Å². The Kier molecular flexibility index (Phi) is 6.84. The van der Waals surface area contributed by atoms with E-state index in [0.29, 0.717) is 23.9 Å². The van der Waals surface area contributed by atoms with Gasteiger partial charge in [0.25, 0.3) is 0 Å². The molecule has 0 spiro atoms. The van der Waals surface area contributed by atoms with Crippen molar-refractivity contribution in [3.63, 3.8) is 0 Å². The number of hydrogen-bond acceptors (Lipinski definition) is 7. The highest BCUT2D eigenvalue weighted by Crippen LogP contribution is 2.19. The summed E-state index contributed by atoms with van der Waals surface area (Å²) < 4.78 is 5.59. The van der Waals surface area contributed by atoms with E-state index < -0.39 is 0 Å². The van der Waals surface area contributed by atoms with Crippen molar-refractivity contribution in [3.8, 4) is 6.01 Å². The van der Waals surface area contributed by atoms with E-state index in [-0.39, 0.29) is 6.10 Å². The quantitative estimate of drug-likeness (QED) is 0.790. The van der Waals surface area contributed by atoms with Gasteiger partial charge in [-0.2, -0.15) is 26.7 Å². The van der Waals surface area contributed by atoms with Crippen LogP contribution in [0.15, 0.2) is 0 Å². The first-order chi connectivity index (χ1) is 9.51. The van der Waals surface area contributed by atoms with Gasteiger partial charge in [0.05, 0.1) is 6.10 Å². The molecule has 20 heavy (non-hydrogen) atoms. The normalized spacial score (nSPS) is 12.3. The number of hydrogen-bond donors (Lipinski definition) is 1. The minimum atomic E-state index is 0.0356. The van der Waals surface area contributed by atoms with Crippen molar-refractivity contribution < 1.29 is 4.74 Å². The second-order valence-corrected chi connectivity index (χ2v) is 5.70. The topological polar surface area (TPSA) is 63.2 Å². The van der Waals surface area contributed by atoms with Gasteiger partial charge in [-0.1, -0.05) is 6.92 Å². The molecule has 0 radical (unpaired) electrons. The van der Waals surface area contributed by atoms with Crippen molar-refractivity contribution in [1.82, 2.24) is 15.0 Å². The van der Waals surface area contributed by atoms with Crippen LogP contribution in [0.4, 0.5) is 11.9 Å². The van der Waals surface area contributed by atoms with Crippen molar-refractivity contribution in [3.05, 3.63) is 0 Å². The minimum absolute atomic E-state index is 0.0356. The maximum Gasteiger partial charge on any atom is 0.323 e. The van der Waals surface area contributed by atoms with E-state index in [9.17, 15) is 0 Å². The molecule has 1 aromatic rings. The number of nitrogens with zero attached hydrogens (tertiary/aromatic N) is 4. The largest absolute Gasteiger partial charge is 0.461 e. The highest BCUT2D eigenvalue weighted by atomic mass is 32.2. The molecule has 0 aromatic carbocycles. The maximum absolute atomic E-state index is 5.59. The monoisotopic (exact) mass is 299 g/mol. The molecule has 1 atom stereocenters. The van der Waals surface area contributed by atoms with Gasteiger partial charge in [-0.15, -0.1) is 0 Å². The van der Waals surface area contributed by atoms with E-state index in [4.69, 9.17) is 4.74 Å². The molecule has 0 fully saturated rings. The first kappa shape index (κ1) is 16.8. The van der Waals surface area contributed by atoms with Gasteiger partial charge in [-0.05, 0) is 26.5 Å². The second kappa shape index (κ2) is 8.14. The highest BCUT2D eigenvalue weighted by Gasteiger charge is 2.18. The Morgan fingerprint density at radius 1 is 1.30 bits per heavy atom. The van der Waals surface area contributed by atoms with Gasteiger partial charge in [0.1, 0.15) is 0 Å². The number of aromatic nitrogens is 3. The molecule has 0 aliphatic heterocycles. The molecular weight excluding hydrogens is 274 g/mol. The molecular formula is C13H25N5OS. The summed E-state index contributed by atoms with van der Waals surface area (Å²) >= 11 is 1.82. The van der Waals surface area contributed by atoms with Crippen LogP contribution in [0.25, 0.3) is 0 Å². The molecule has 0 aliphatic rings. The summed E-state index contributed by atoms with van der Waals surface area (Å²) in [6.45, 7) is 6.08. The fourth-order valence-electron chi connectivity index (χ4n) is 1.74. The van der Waals surface area contributed by atoms with Crippen LogP contribution in [0.3, 0.4) is 0 Å². The van der Waals surface area contributed by atoms with Gasteiger partial charge in [0, 0.05) is 25.9 Å². The van der Waals surface area contributed by atoms with Gasteiger partial charge in [0.2, 0.25) is 11.9 Å². The van der Waals surface area contributed by atoms with E-state index in [1.807, 2.05) is 32.7 Å². The van der Waals surface area contributed by atoms with Gasteiger partial charge < -0.3 is 15.0 Å². The zero-order valence-electron chi connectivity index (χ0n) is 13.2. The van der Waals surface area contributed by atoms with E-state index in [1.54, 1.807) is 7.05 Å². The number of ether oxygens (including phenoxy) is 1. The zero-order valence-corrected chi connectivity index (χ0v) is 14.0. The number of rotatable bonds is 8. The summed E-state index contributed by atoms with van der Waals surface area (Å²) in [5, 5.41) is 2.95. The second-order valence-electron chi connectivity index (χ2n) is 4.79. The highest BCUT2D eigenvalue weighted by molar-refractivity contribution is 7.98. The first-order valence-electron chi connectivity index (χ1n) is 6.84. The van der Waals surface area contributed by atoms with Crippen molar-refractivity contribution in [2.24, 2.45) is 0 Å². The van der Waals surface area contributed by atoms with Crippen molar-refractivity contribution >= 4 is 23.7 Å². The lowest BCUT2D eigenvalue weighted by Crippen LogP contribution is -2.34. The molecule has 6 nitrogen and oxygen atoms in total. The Balaban J connectivity index is 3.02. The van der Waals surface area contributed by atoms with Crippen LogP contribution in [0.1, 0.15) is 27.2 Å². The fourth-order valence-corrected chi connectivity index (χ4v) is 2.58. The zero-order chi connectivity index (χ0) is 15.1. The molecule has 0 amide bonds. The predicted octanol–water partition coefficient (Wildman–Crippen LogP) is 2.28. The first-order valence-corrected chi connectivity index (χ1v) is 8.23. The average Bonchev–Trinajstić information content (AvgIpc) is 2.42. The van der Waals surface area contributed by atoms with E-state index in [0.717, 1.165) is 12.2 Å². The van der Waals surface area contributed by atoms with Crippen LogP contribution in [-0.4, -0.2) is 53.2 Å².